The van der Waals surface area contributed by atoms with Crippen molar-refractivity contribution in [2.45, 2.75) is 26.4 Å². The van der Waals surface area contributed by atoms with Crippen molar-refractivity contribution in [3.05, 3.63) is 34.9 Å². The molecule has 0 saturated carbocycles. The smallest absolute Gasteiger partial charge is 0.0844 e. The first kappa shape index (κ1) is 13.5. The van der Waals surface area contributed by atoms with E-state index in [4.69, 9.17) is 17.3 Å². The minimum Gasteiger partial charge on any atom is -0.388 e. The van der Waals surface area contributed by atoms with Gasteiger partial charge in [-0.2, -0.15) is 0 Å². The Hall–Kier alpha value is -0.570. The molecule has 0 heterocycles. The minimum atomic E-state index is -0.568. The summed E-state index contributed by atoms with van der Waals surface area (Å²) in [6, 6.07) is 7.39. The fourth-order valence-electron chi connectivity index (χ4n) is 1.93. The van der Waals surface area contributed by atoms with Gasteiger partial charge in [-0.25, -0.2) is 0 Å². The van der Waals surface area contributed by atoms with Crippen LogP contribution in [0, 0.1) is 11.8 Å². The molecule has 1 rings (SSSR count). The third-order valence-electron chi connectivity index (χ3n) is 2.75. The Morgan fingerprint density at radius 1 is 1.31 bits per heavy atom. The van der Waals surface area contributed by atoms with E-state index in [2.05, 4.69) is 13.8 Å². The van der Waals surface area contributed by atoms with Crippen molar-refractivity contribution < 1.29 is 5.11 Å². The number of nitrogens with two attached hydrogens (primary N) is 1. The van der Waals surface area contributed by atoms with Crippen LogP contribution >= 0.6 is 11.6 Å². The van der Waals surface area contributed by atoms with Gasteiger partial charge in [0.25, 0.3) is 0 Å². The molecule has 0 bridgehead atoms. The molecule has 0 aliphatic heterocycles. The lowest BCUT2D eigenvalue weighted by molar-refractivity contribution is 0.0996. The van der Waals surface area contributed by atoms with Crippen molar-refractivity contribution in [1.82, 2.24) is 0 Å². The quantitative estimate of drug-likeness (QED) is 0.833. The minimum absolute atomic E-state index is 0.0694. The molecule has 0 radical (unpaired) electrons. The highest BCUT2D eigenvalue weighted by atomic mass is 35.5. The van der Waals surface area contributed by atoms with Gasteiger partial charge in [0.15, 0.2) is 0 Å². The number of rotatable bonds is 5. The fraction of sp³-hybridized carbons (Fsp3) is 0.538. The Labute approximate surface area is 102 Å². The molecule has 16 heavy (non-hydrogen) atoms. The van der Waals surface area contributed by atoms with Crippen molar-refractivity contribution in [2.24, 2.45) is 17.6 Å². The molecule has 1 aromatic rings. The summed E-state index contributed by atoms with van der Waals surface area (Å²) in [6.07, 6.45) is 0.337. The van der Waals surface area contributed by atoms with E-state index in [0.717, 1.165) is 12.0 Å². The zero-order valence-corrected chi connectivity index (χ0v) is 10.6. The van der Waals surface area contributed by atoms with Gasteiger partial charge in [0.1, 0.15) is 0 Å². The van der Waals surface area contributed by atoms with E-state index in [-0.39, 0.29) is 5.92 Å². The lowest BCUT2D eigenvalue weighted by atomic mass is 9.88. The van der Waals surface area contributed by atoms with Crippen LogP contribution in [0.25, 0.3) is 0 Å². The van der Waals surface area contributed by atoms with E-state index in [1.807, 2.05) is 18.2 Å². The predicted octanol–water partition coefficient (Wildman–Crippen LogP) is 2.99. The Kier molecular flexibility index (Phi) is 5.26. The van der Waals surface area contributed by atoms with Crippen LogP contribution in [0.1, 0.15) is 31.9 Å². The SMILES string of the molecule is CC(C)CC(CN)C(O)c1ccccc1Cl. The van der Waals surface area contributed by atoms with Crippen LogP contribution in [0.4, 0.5) is 0 Å². The Bertz CT molecular complexity index is 327. The normalized spacial score (nSPS) is 15.1. The second kappa shape index (κ2) is 6.24. The van der Waals surface area contributed by atoms with Crippen LogP contribution in [0.5, 0.6) is 0 Å². The number of halogens is 1. The molecule has 2 atom stereocenters. The number of benzene rings is 1. The maximum Gasteiger partial charge on any atom is 0.0844 e. The first-order valence-electron chi connectivity index (χ1n) is 5.68. The van der Waals surface area contributed by atoms with Crippen molar-refractivity contribution in [2.75, 3.05) is 6.54 Å². The molecule has 0 fully saturated rings. The average molecular weight is 242 g/mol. The summed E-state index contributed by atoms with van der Waals surface area (Å²) in [6.45, 7) is 4.73. The molecule has 3 heteroatoms. The Morgan fingerprint density at radius 2 is 1.94 bits per heavy atom. The molecule has 2 unspecified atom stereocenters. The molecular weight excluding hydrogens is 222 g/mol. The van der Waals surface area contributed by atoms with Gasteiger partial charge in [-0.3, -0.25) is 0 Å². The van der Waals surface area contributed by atoms with Gasteiger partial charge in [0, 0.05) is 10.9 Å². The van der Waals surface area contributed by atoms with Crippen molar-refractivity contribution >= 4 is 11.6 Å². The number of aliphatic hydroxyl groups is 1. The van der Waals surface area contributed by atoms with Gasteiger partial charge in [-0.1, -0.05) is 43.6 Å². The van der Waals surface area contributed by atoms with Crippen molar-refractivity contribution in [1.29, 1.82) is 0 Å². The van der Waals surface area contributed by atoms with E-state index in [0.29, 0.717) is 17.5 Å². The number of aliphatic hydroxyl groups excluding tert-OH is 1. The molecule has 0 aliphatic rings. The van der Waals surface area contributed by atoms with Gasteiger partial charge in [0.2, 0.25) is 0 Å². The third kappa shape index (κ3) is 3.48. The Balaban J connectivity index is 2.82. The van der Waals surface area contributed by atoms with Crippen molar-refractivity contribution in [3.8, 4) is 0 Å². The molecule has 1 aromatic carbocycles. The second-order valence-electron chi connectivity index (χ2n) is 4.59. The highest BCUT2D eigenvalue weighted by molar-refractivity contribution is 6.31. The van der Waals surface area contributed by atoms with Gasteiger partial charge in [0.05, 0.1) is 6.10 Å². The van der Waals surface area contributed by atoms with E-state index < -0.39 is 6.10 Å². The van der Waals surface area contributed by atoms with Crippen molar-refractivity contribution in [3.63, 3.8) is 0 Å². The van der Waals surface area contributed by atoms with Crippen LogP contribution < -0.4 is 5.73 Å². The molecule has 3 N–H and O–H groups in total. The summed E-state index contributed by atoms with van der Waals surface area (Å²) in [5.41, 5.74) is 6.48. The van der Waals surface area contributed by atoms with E-state index in [1.54, 1.807) is 6.07 Å². The van der Waals surface area contributed by atoms with Crippen LogP contribution in [0.15, 0.2) is 24.3 Å². The van der Waals surface area contributed by atoms with Crippen LogP contribution in [-0.4, -0.2) is 11.7 Å². The summed E-state index contributed by atoms with van der Waals surface area (Å²) in [4.78, 5) is 0. The first-order valence-corrected chi connectivity index (χ1v) is 6.06. The van der Waals surface area contributed by atoms with E-state index in [9.17, 15) is 5.11 Å². The number of hydrogen-bond acceptors (Lipinski definition) is 2. The predicted molar refractivity (Wildman–Crippen MR) is 68.4 cm³/mol. The van der Waals surface area contributed by atoms with Gasteiger partial charge in [-0.05, 0) is 30.5 Å². The lowest BCUT2D eigenvalue weighted by Crippen LogP contribution is -2.23. The summed E-state index contributed by atoms with van der Waals surface area (Å²) >= 11 is 6.06. The summed E-state index contributed by atoms with van der Waals surface area (Å²) in [5, 5.41) is 10.9. The van der Waals surface area contributed by atoms with E-state index >= 15 is 0 Å². The van der Waals surface area contributed by atoms with Crippen LogP contribution in [-0.2, 0) is 0 Å². The summed E-state index contributed by atoms with van der Waals surface area (Å²) < 4.78 is 0. The van der Waals surface area contributed by atoms with Crippen LogP contribution in [0.2, 0.25) is 5.02 Å². The zero-order valence-electron chi connectivity index (χ0n) is 9.86. The van der Waals surface area contributed by atoms with Gasteiger partial charge in [-0.15, -0.1) is 0 Å². The maximum atomic E-state index is 10.2. The summed E-state index contributed by atoms with van der Waals surface area (Å²) in [5.74, 6) is 0.589. The fourth-order valence-corrected chi connectivity index (χ4v) is 2.18. The largest absolute Gasteiger partial charge is 0.388 e. The molecular formula is C13H20ClNO. The molecule has 0 spiro atoms. The molecule has 0 saturated heterocycles. The monoisotopic (exact) mass is 241 g/mol. The molecule has 0 amide bonds. The molecule has 0 aromatic heterocycles. The standard InChI is InChI=1S/C13H20ClNO/c1-9(2)7-10(8-15)13(16)11-5-3-4-6-12(11)14/h3-6,9-10,13,16H,7-8,15H2,1-2H3. The second-order valence-corrected chi connectivity index (χ2v) is 5.00. The maximum absolute atomic E-state index is 10.2. The lowest BCUT2D eigenvalue weighted by Gasteiger charge is -2.24. The number of hydrogen-bond donors (Lipinski definition) is 2. The topological polar surface area (TPSA) is 46.2 Å². The molecule has 90 valence electrons. The van der Waals surface area contributed by atoms with E-state index in [1.165, 1.54) is 0 Å². The molecule has 2 nitrogen and oxygen atoms in total. The summed E-state index contributed by atoms with van der Waals surface area (Å²) in [7, 11) is 0. The Morgan fingerprint density at radius 3 is 2.44 bits per heavy atom. The first-order chi connectivity index (χ1) is 7.56. The highest BCUT2D eigenvalue weighted by Crippen LogP contribution is 2.30. The third-order valence-corrected chi connectivity index (χ3v) is 3.09. The van der Waals surface area contributed by atoms with Gasteiger partial charge >= 0.3 is 0 Å². The average Bonchev–Trinajstić information content (AvgIpc) is 2.25. The van der Waals surface area contributed by atoms with Crippen LogP contribution in [0.3, 0.4) is 0 Å². The highest BCUT2D eigenvalue weighted by Gasteiger charge is 2.22. The van der Waals surface area contributed by atoms with Gasteiger partial charge < -0.3 is 10.8 Å². The zero-order chi connectivity index (χ0) is 12.1. The molecule has 0 aliphatic carbocycles.